The van der Waals surface area contributed by atoms with Gasteiger partial charge in [-0.05, 0) is 17.7 Å². The van der Waals surface area contributed by atoms with Crippen LogP contribution < -0.4 is 21.7 Å². The number of carboxylic acid groups (broad SMARTS) is 2. The van der Waals surface area contributed by atoms with Gasteiger partial charge in [-0.3, -0.25) is 19.2 Å². The third-order valence-electron chi connectivity index (χ3n) is 4.35. The van der Waals surface area contributed by atoms with Crippen molar-refractivity contribution in [3.05, 3.63) is 29.8 Å². The van der Waals surface area contributed by atoms with Crippen LogP contribution in [0.2, 0.25) is 0 Å². The molecule has 14 nitrogen and oxygen atoms in total. The maximum Gasteiger partial charge on any atom is 0.328 e. The van der Waals surface area contributed by atoms with E-state index in [-0.39, 0.29) is 12.2 Å². The van der Waals surface area contributed by atoms with Crippen LogP contribution in [0.5, 0.6) is 5.75 Å². The first-order valence-corrected chi connectivity index (χ1v) is 9.59. The normalized spacial score (nSPS) is 14.3. The Bertz CT molecular complexity index is 861. The van der Waals surface area contributed by atoms with E-state index in [1.54, 1.807) is 0 Å². The van der Waals surface area contributed by atoms with Crippen LogP contribution in [0.15, 0.2) is 24.3 Å². The van der Waals surface area contributed by atoms with E-state index in [0.29, 0.717) is 5.56 Å². The highest BCUT2D eigenvalue weighted by Gasteiger charge is 2.30. The molecule has 1 aromatic carbocycles. The summed E-state index contributed by atoms with van der Waals surface area (Å²) in [7, 11) is 0. The Morgan fingerprint density at radius 3 is 1.76 bits per heavy atom. The molecule has 1 rings (SSSR count). The minimum atomic E-state index is -1.65. The molecule has 0 heterocycles. The van der Waals surface area contributed by atoms with Crippen molar-refractivity contribution in [2.45, 2.75) is 37.0 Å². The molecule has 0 aliphatic heterocycles. The fourth-order valence-electron chi connectivity index (χ4n) is 2.56. The summed E-state index contributed by atoms with van der Waals surface area (Å²) < 4.78 is 0. The van der Waals surface area contributed by atoms with Crippen molar-refractivity contribution in [2.24, 2.45) is 5.73 Å². The van der Waals surface area contributed by atoms with E-state index in [0.717, 1.165) is 0 Å². The zero-order chi connectivity index (χ0) is 25.1. The first-order chi connectivity index (χ1) is 15.5. The molecule has 3 amide bonds. The monoisotopic (exact) mass is 470 g/mol. The van der Waals surface area contributed by atoms with Crippen LogP contribution in [-0.2, 0) is 30.4 Å². The largest absolute Gasteiger partial charge is 0.508 e. The second-order valence-electron chi connectivity index (χ2n) is 6.96. The minimum Gasteiger partial charge on any atom is -0.508 e. The lowest BCUT2D eigenvalue weighted by Gasteiger charge is -2.24. The van der Waals surface area contributed by atoms with Gasteiger partial charge in [0.2, 0.25) is 17.7 Å². The molecule has 10 N–H and O–H groups in total. The molecular formula is C19H26N4O10. The number of aliphatic carboxylic acids is 2. The van der Waals surface area contributed by atoms with E-state index in [1.807, 2.05) is 0 Å². The van der Waals surface area contributed by atoms with E-state index in [2.05, 4.69) is 16.0 Å². The number of aliphatic hydroxyl groups is 2. The molecule has 0 aliphatic rings. The average molecular weight is 470 g/mol. The molecule has 0 saturated carbocycles. The molecule has 0 saturated heterocycles. The lowest BCUT2D eigenvalue weighted by atomic mass is 10.0. The highest BCUT2D eigenvalue weighted by molar-refractivity contribution is 5.94. The number of hydrogen-bond donors (Lipinski definition) is 9. The fraction of sp³-hybridized carbons (Fsp3) is 0.421. The van der Waals surface area contributed by atoms with Crippen molar-refractivity contribution in [3.8, 4) is 5.75 Å². The summed E-state index contributed by atoms with van der Waals surface area (Å²) in [5.41, 5.74) is 5.87. The van der Waals surface area contributed by atoms with E-state index >= 15 is 0 Å². The van der Waals surface area contributed by atoms with Crippen molar-refractivity contribution < 1.29 is 49.5 Å². The first-order valence-electron chi connectivity index (χ1n) is 9.59. The Morgan fingerprint density at radius 1 is 0.788 bits per heavy atom. The van der Waals surface area contributed by atoms with Crippen molar-refractivity contribution in [1.82, 2.24) is 16.0 Å². The standard InChI is InChI=1S/C19H26N4O10/c20-11(6-15(27)28)16(29)22-13(7-24)18(31)21-12(5-9-1-3-10(26)4-2-9)17(30)23-14(8-25)19(32)33/h1-4,11-14,24-26H,5-8,20H2,(H,21,31)(H,22,29)(H,23,30)(H,27,28)(H,32,33). The molecule has 0 radical (unpaired) electrons. The van der Waals surface area contributed by atoms with Gasteiger partial charge in [-0.1, -0.05) is 12.1 Å². The number of phenolic OH excluding ortho intramolecular Hbond substituents is 1. The molecule has 0 aromatic heterocycles. The third kappa shape index (κ3) is 9.10. The van der Waals surface area contributed by atoms with Gasteiger partial charge in [0.1, 0.15) is 23.9 Å². The van der Waals surface area contributed by atoms with Gasteiger partial charge in [0.25, 0.3) is 0 Å². The number of nitrogens with one attached hydrogen (secondary N) is 3. The van der Waals surface area contributed by atoms with Gasteiger partial charge in [0.05, 0.1) is 25.7 Å². The van der Waals surface area contributed by atoms with Gasteiger partial charge in [0, 0.05) is 6.42 Å². The van der Waals surface area contributed by atoms with Crippen molar-refractivity contribution >= 4 is 29.7 Å². The quantitative estimate of drug-likeness (QED) is 0.135. The Balaban J connectivity index is 3.00. The van der Waals surface area contributed by atoms with Crippen molar-refractivity contribution in [2.75, 3.05) is 13.2 Å². The number of rotatable bonds is 13. The number of carbonyl (C=O) groups is 5. The minimum absolute atomic E-state index is 0.0595. The van der Waals surface area contributed by atoms with E-state index in [9.17, 15) is 34.2 Å². The van der Waals surface area contributed by atoms with Crippen LogP contribution in [0, 0.1) is 0 Å². The summed E-state index contributed by atoms with van der Waals surface area (Å²) in [6, 6.07) is -0.631. The summed E-state index contributed by atoms with van der Waals surface area (Å²) in [4.78, 5) is 58.9. The predicted molar refractivity (Wildman–Crippen MR) is 110 cm³/mol. The Labute approximate surface area is 187 Å². The summed E-state index contributed by atoms with van der Waals surface area (Å²) in [6.07, 6.45) is -0.907. The van der Waals surface area contributed by atoms with Crippen LogP contribution >= 0.6 is 0 Å². The number of carbonyl (C=O) groups excluding carboxylic acids is 3. The maximum absolute atomic E-state index is 12.6. The average Bonchev–Trinajstić information content (AvgIpc) is 2.75. The van der Waals surface area contributed by atoms with Crippen LogP contribution in [-0.4, -0.2) is 92.6 Å². The van der Waals surface area contributed by atoms with Gasteiger partial charge >= 0.3 is 11.9 Å². The Morgan fingerprint density at radius 2 is 1.27 bits per heavy atom. The molecule has 182 valence electrons. The first kappa shape index (κ1) is 27.3. The van der Waals surface area contributed by atoms with Crippen molar-refractivity contribution in [3.63, 3.8) is 0 Å². The van der Waals surface area contributed by atoms with E-state index in [4.69, 9.17) is 21.1 Å². The number of carboxylic acids is 2. The van der Waals surface area contributed by atoms with Crippen molar-refractivity contribution in [1.29, 1.82) is 0 Å². The number of nitrogens with two attached hydrogens (primary N) is 1. The van der Waals surface area contributed by atoms with Gasteiger partial charge in [0.15, 0.2) is 0 Å². The lowest BCUT2D eigenvalue weighted by Crippen LogP contribution is -2.59. The summed E-state index contributed by atoms with van der Waals surface area (Å²) in [6.45, 7) is -1.84. The van der Waals surface area contributed by atoms with Crippen LogP contribution in [0.1, 0.15) is 12.0 Å². The zero-order valence-electron chi connectivity index (χ0n) is 17.3. The fourth-order valence-corrected chi connectivity index (χ4v) is 2.56. The van der Waals surface area contributed by atoms with Gasteiger partial charge in [-0.15, -0.1) is 0 Å². The van der Waals surface area contributed by atoms with Gasteiger partial charge in [-0.2, -0.15) is 0 Å². The molecule has 33 heavy (non-hydrogen) atoms. The molecule has 0 aliphatic carbocycles. The highest BCUT2D eigenvalue weighted by Crippen LogP contribution is 2.12. The maximum atomic E-state index is 12.6. The SMILES string of the molecule is NC(CC(=O)O)C(=O)NC(CO)C(=O)NC(Cc1ccc(O)cc1)C(=O)NC(CO)C(=O)O. The van der Waals surface area contributed by atoms with Gasteiger partial charge < -0.3 is 47.2 Å². The second-order valence-corrected chi connectivity index (χ2v) is 6.96. The number of benzene rings is 1. The zero-order valence-corrected chi connectivity index (χ0v) is 17.3. The van der Waals surface area contributed by atoms with Crippen LogP contribution in [0.25, 0.3) is 0 Å². The molecule has 4 unspecified atom stereocenters. The number of aromatic hydroxyl groups is 1. The highest BCUT2D eigenvalue weighted by atomic mass is 16.4. The predicted octanol–water partition coefficient (Wildman–Crippen LogP) is -3.74. The number of phenols is 1. The van der Waals surface area contributed by atoms with E-state index in [1.165, 1.54) is 24.3 Å². The Kier molecular flexibility index (Phi) is 10.7. The number of aliphatic hydroxyl groups excluding tert-OH is 2. The molecule has 14 heteroatoms. The van der Waals surface area contributed by atoms with Crippen LogP contribution in [0.4, 0.5) is 0 Å². The molecule has 0 bridgehead atoms. The number of hydrogen-bond acceptors (Lipinski definition) is 9. The van der Waals surface area contributed by atoms with E-state index < -0.39 is 73.5 Å². The second kappa shape index (κ2) is 12.9. The summed E-state index contributed by atoms with van der Waals surface area (Å²) in [5, 5.41) is 52.1. The summed E-state index contributed by atoms with van der Waals surface area (Å²) in [5.74, 6) is -5.99. The molecular weight excluding hydrogens is 444 g/mol. The molecule has 4 atom stereocenters. The van der Waals surface area contributed by atoms with Crippen LogP contribution in [0.3, 0.4) is 0 Å². The van der Waals surface area contributed by atoms with Gasteiger partial charge in [-0.25, -0.2) is 4.79 Å². The molecule has 0 fully saturated rings. The lowest BCUT2D eigenvalue weighted by molar-refractivity contribution is -0.143. The molecule has 1 aromatic rings. The molecule has 0 spiro atoms. The Hall–Kier alpha value is -3.75. The smallest absolute Gasteiger partial charge is 0.328 e. The summed E-state index contributed by atoms with van der Waals surface area (Å²) >= 11 is 0. The topological polar surface area (TPSA) is 249 Å². The third-order valence-corrected chi connectivity index (χ3v) is 4.35. The number of amides is 3.